The van der Waals surface area contributed by atoms with E-state index >= 15 is 0 Å². The van der Waals surface area contributed by atoms with Crippen molar-refractivity contribution in [2.24, 2.45) is 5.73 Å². The van der Waals surface area contributed by atoms with Gasteiger partial charge in [0.05, 0.1) is 11.7 Å². The average molecular weight is 408 g/mol. The number of carbonyl (C=O) groups is 2. The Bertz CT molecular complexity index is 952. The molecule has 6 heteroatoms. The molecule has 3 rings (SSSR count). The fourth-order valence-electron chi connectivity index (χ4n) is 3.05. The molecule has 2 amide bonds. The van der Waals surface area contributed by atoms with E-state index in [4.69, 9.17) is 5.73 Å². The lowest BCUT2D eigenvalue weighted by atomic mass is 10.0. The lowest BCUT2D eigenvalue weighted by Crippen LogP contribution is -2.30. The molecule has 0 saturated heterocycles. The minimum atomic E-state index is -0.449. The molecule has 1 heterocycles. The third-order valence-corrected chi connectivity index (χ3v) is 5.73. The van der Waals surface area contributed by atoms with Crippen molar-refractivity contribution in [3.05, 3.63) is 87.4 Å². The van der Waals surface area contributed by atoms with Gasteiger partial charge >= 0.3 is 0 Å². The van der Waals surface area contributed by atoms with Crippen molar-refractivity contribution in [3.63, 3.8) is 0 Å². The van der Waals surface area contributed by atoms with Gasteiger partial charge in [-0.2, -0.15) is 0 Å². The number of hydrogen-bond donors (Lipinski definition) is 2. The summed E-state index contributed by atoms with van der Waals surface area (Å²) in [5.41, 5.74) is 8.97. The Morgan fingerprint density at radius 2 is 1.79 bits per heavy atom. The summed E-state index contributed by atoms with van der Waals surface area (Å²) in [5.74, 6) is -0.448. The average Bonchev–Trinajstić information content (AvgIpc) is 3.22. The van der Waals surface area contributed by atoms with Gasteiger partial charge in [-0.05, 0) is 42.5 Å². The first-order valence-corrected chi connectivity index (χ1v) is 10.6. The van der Waals surface area contributed by atoms with E-state index in [-0.39, 0.29) is 11.9 Å². The normalized spacial score (nSPS) is 11.8. The highest BCUT2D eigenvalue weighted by Crippen LogP contribution is 2.23. The molecule has 3 aromatic rings. The van der Waals surface area contributed by atoms with E-state index in [1.807, 2.05) is 47.8 Å². The Labute approximate surface area is 175 Å². The van der Waals surface area contributed by atoms with Crippen LogP contribution in [-0.2, 0) is 24.1 Å². The van der Waals surface area contributed by atoms with E-state index in [1.165, 1.54) is 0 Å². The topological polar surface area (TPSA) is 85.1 Å². The first kappa shape index (κ1) is 20.7. The fourth-order valence-corrected chi connectivity index (χ4v) is 4.01. The Morgan fingerprint density at radius 3 is 2.41 bits per heavy atom. The lowest BCUT2D eigenvalue weighted by molar-refractivity contribution is -0.121. The van der Waals surface area contributed by atoms with Gasteiger partial charge in [-0.1, -0.05) is 49.4 Å². The summed E-state index contributed by atoms with van der Waals surface area (Å²) >= 11 is 1.57. The van der Waals surface area contributed by atoms with E-state index in [9.17, 15) is 9.59 Å². The summed E-state index contributed by atoms with van der Waals surface area (Å²) in [6.45, 7) is 2.06. The van der Waals surface area contributed by atoms with Gasteiger partial charge in [-0.15, -0.1) is 11.3 Å². The molecule has 0 aliphatic carbocycles. The Hall–Kier alpha value is -2.99. The van der Waals surface area contributed by atoms with Crippen molar-refractivity contribution in [2.75, 3.05) is 0 Å². The van der Waals surface area contributed by atoms with Crippen molar-refractivity contribution in [2.45, 2.75) is 38.6 Å². The summed E-state index contributed by atoms with van der Waals surface area (Å²) in [5, 5.41) is 6.08. The van der Waals surface area contributed by atoms with Crippen LogP contribution in [0.2, 0.25) is 0 Å². The highest BCUT2D eigenvalue weighted by Gasteiger charge is 2.19. The molecular formula is C23H25N3O2S. The first-order chi connectivity index (χ1) is 14.0. The number of carbonyl (C=O) groups excluding carboxylic acids is 2. The van der Waals surface area contributed by atoms with Crippen LogP contribution in [0, 0.1) is 0 Å². The van der Waals surface area contributed by atoms with E-state index in [1.54, 1.807) is 23.5 Å². The van der Waals surface area contributed by atoms with Crippen LogP contribution < -0.4 is 11.1 Å². The fraction of sp³-hybridized carbons (Fsp3) is 0.261. The minimum Gasteiger partial charge on any atom is -0.366 e. The van der Waals surface area contributed by atoms with Gasteiger partial charge in [0, 0.05) is 17.4 Å². The number of nitrogens with one attached hydrogen (secondary N) is 1. The molecule has 29 heavy (non-hydrogen) atoms. The highest BCUT2D eigenvalue weighted by atomic mass is 32.1. The lowest BCUT2D eigenvalue weighted by Gasteiger charge is -2.17. The largest absolute Gasteiger partial charge is 0.366 e. The number of rotatable bonds is 9. The number of aryl methyl sites for hydroxylation is 2. The second kappa shape index (κ2) is 9.98. The smallest absolute Gasteiger partial charge is 0.248 e. The van der Waals surface area contributed by atoms with Crippen LogP contribution in [0.25, 0.3) is 0 Å². The Kier molecular flexibility index (Phi) is 7.14. The highest BCUT2D eigenvalue weighted by molar-refractivity contribution is 7.09. The standard InChI is InChI=1S/C23H25N3O2S/c1-2-19-15-29-23(25-19)20(14-17-8-11-18(12-9-17)22(24)28)26-21(27)13-10-16-6-4-3-5-7-16/h3-9,11-12,15,20H,2,10,13-14H2,1H3,(H2,24,28)(H,26,27). The van der Waals surface area contributed by atoms with Gasteiger partial charge in [-0.25, -0.2) is 4.98 Å². The van der Waals surface area contributed by atoms with Crippen LogP contribution in [0.5, 0.6) is 0 Å². The maximum atomic E-state index is 12.6. The molecule has 1 aromatic heterocycles. The molecule has 2 aromatic carbocycles. The number of primary amides is 1. The molecule has 3 N–H and O–H groups in total. The summed E-state index contributed by atoms with van der Waals surface area (Å²) in [6, 6.07) is 16.9. The number of aromatic nitrogens is 1. The number of thiazole rings is 1. The molecule has 0 radical (unpaired) electrons. The van der Waals surface area contributed by atoms with E-state index in [2.05, 4.69) is 17.2 Å². The Balaban J connectivity index is 1.70. The molecule has 1 atom stereocenters. The van der Waals surface area contributed by atoms with Crippen LogP contribution >= 0.6 is 11.3 Å². The molecule has 0 spiro atoms. The van der Waals surface area contributed by atoms with Gasteiger partial charge in [0.1, 0.15) is 5.01 Å². The van der Waals surface area contributed by atoms with Gasteiger partial charge in [-0.3, -0.25) is 9.59 Å². The monoisotopic (exact) mass is 407 g/mol. The number of benzene rings is 2. The number of nitrogens with two attached hydrogens (primary N) is 1. The number of hydrogen-bond acceptors (Lipinski definition) is 4. The molecule has 0 fully saturated rings. The van der Waals surface area contributed by atoms with Gasteiger partial charge < -0.3 is 11.1 Å². The van der Waals surface area contributed by atoms with Crippen LogP contribution in [0.3, 0.4) is 0 Å². The van der Waals surface area contributed by atoms with Crippen LogP contribution in [0.4, 0.5) is 0 Å². The second-order valence-electron chi connectivity index (χ2n) is 6.90. The minimum absolute atomic E-state index is 0.000794. The van der Waals surface area contributed by atoms with Crippen LogP contribution in [0.1, 0.15) is 51.6 Å². The van der Waals surface area contributed by atoms with E-state index in [0.717, 1.165) is 28.2 Å². The first-order valence-electron chi connectivity index (χ1n) is 9.71. The van der Waals surface area contributed by atoms with E-state index < -0.39 is 5.91 Å². The quantitative estimate of drug-likeness (QED) is 0.565. The SMILES string of the molecule is CCc1csc(C(Cc2ccc(C(N)=O)cc2)NC(=O)CCc2ccccc2)n1. The molecule has 1 unspecified atom stereocenters. The predicted molar refractivity (Wildman–Crippen MR) is 116 cm³/mol. The van der Waals surface area contributed by atoms with Crippen molar-refractivity contribution in [3.8, 4) is 0 Å². The zero-order chi connectivity index (χ0) is 20.6. The molecule has 150 valence electrons. The second-order valence-corrected chi connectivity index (χ2v) is 7.79. The molecular weight excluding hydrogens is 382 g/mol. The van der Waals surface area contributed by atoms with Gasteiger partial charge in [0.15, 0.2) is 0 Å². The zero-order valence-electron chi connectivity index (χ0n) is 16.4. The number of amides is 2. The van der Waals surface area contributed by atoms with Gasteiger partial charge in [0.2, 0.25) is 11.8 Å². The van der Waals surface area contributed by atoms with Gasteiger partial charge in [0.25, 0.3) is 0 Å². The Morgan fingerprint density at radius 1 is 1.07 bits per heavy atom. The van der Waals surface area contributed by atoms with Crippen molar-refractivity contribution in [1.82, 2.24) is 10.3 Å². The number of nitrogens with zero attached hydrogens (tertiary/aromatic N) is 1. The summed E-state index contributed by atoms with van der Waals surface area (Å²) in [4.78, 5) is 28.6. The summed E-state index contributed by atoms with van der Waals surface area (Å²) in [6.07, 6.45) is 2.59. The molecule has 0 bridgehead atoms. The maximum Gasteiger partial charge on any atom is 0.248 e. The molecule has 0 saturated carbocycles. The maximum absolute atomic E-state index is 12.6. The third kappa shape index (κ3) is 5.99. The molecule has 5 nitrogen and oxygen atoms in total. The van der Waals surface area contributed by atoms with Crippen LogP contribution in [-0.4, -0.2) is 16.8 Å². The summed E-state index contributed by atoms with van der Waals surface area (Å²) in [7, 11) is 0. The molecule has 0 aliphatic rings. The van der Waals surface area contributed by atoms with Crippen molar-refractivity contribution in [1.29, 1.82) is 0 Å². The van der Waals surface area contributed by atoms with Crippen molar-refractivity contribution >= 4 is 23.2 Å². The van der Waals surface area contributed by atoms with Crippen molar-refractivity contribution < 1.29 is 9.59 Å². The third-order valence-electron chi connectivity index (χ3n) is 4.73. The molecule has 0 aliphatic heterocycles. The predicted octanol–water partition coefficient (Wildman–Crippen LogP) is 3.84. The zero-order valence-corrected chi connectivity index (χ0v) is 17.2. The summed E-state index contributed by atoms with van der Waals surface area (Å²) < 4.78 is 0. The van der Waals surface area contributed by atoms with Crippen LogP contribution in [0.15, 0.2) is 60.0 Å². The van der Waals surface area contributed by atoms with E-state index in [0.29, 0.717) is 24.8 Å².